The lowest BCUT2D eigenvalue weighted by Crippen LogP contribution is -2.55. The lowest BCUT2D eigenvalue weighted by Gasteiger charge is -2.43. The van der Waals surface area contributed by atoms with E-state index in [0.29, 0.717) is 6.54 Å². The number of nitrogens with one attached hydrogen (secondary N) is 1. The Morgan fingerprint density at radius 1 is 1.04 bits per heavy atom. The normalized spacial score (nSPS) is 25.4. The van der Waals surface area contributed by atoms with Gasteiger partial charge in [0, 0.05) is 51.0 Å². The zero-order valence-electron chi connectivity index (χ0n) is 16.5. The van der Waals surface area contributed by atoms with Crippen molar-refractivity contribution in [1.82, 2.24) is 14.7 Å². The third-order valence-electron chi connectivity index (χ3n) is 7.45. The van der Waals surface area contributed by atoms with Crippen molar-refractivity contribution in [2.45, 2.75) is 43.6 Å². The SMILES string of the molecule is O=C(CN1CCC2(CC1)C(=O)Nc1ccccc12)N1CCN(C2CCC2)CC1. The minimum absolute atomic E-state index is 0.131. The minimum atomic E-state index is -0.398. The Kier molecular flexibility index (Phi) is 4.63. The quantitative estimate of drug-likeness (QED) is 0.864. The molecule has 0 unspecified atom stereocenters. The van der Waals surface area contributed by atoms with E-state index in [9.17, 15) is 9.59 Å². The van der Waals surface area contributed by atoms with Crippen LogP contribution < -0.4 is 5.32 Å². The third kappa shape index (κ3) is 3.03. The largest absolute Gasteiger partial charge is 0.339 e. The summed E-state index contributed by atoms with van der Waals surface area (Å²) in [5.41, 5.74) is 1.70. The summed E-state index contributed by atoms with van der Waals surface area (Å²) in [6, 6.07) is 8.82. The van der Waals surface area contributed by atoms with Gasteiger partial charge in [-0.05, 0) is 37.3 Å². The van der Waals surface area contributed by atoms with Crippen molar-refractivity contribution in [2.24, 2.45) is 0 Å². The maximum absolute atomic E-state index is 12.8. The first-order valence-corrected chi connectivity index (χ1v) is 10.8. The Bertz CT molecular complexity index is 760. The number of hydrogen-bond acceptors (Lipinski definition) is 4. The lowest BCUT2D eigenvalue weighted by atomic mass is 9.73. The van der Waals surface area contributed by atoms with Crippen molar-refractivity contribution in [1.29, 1.82) is 0 Å². The fourth-order valence-corrected chi connectivity index (χ4v) is 5.34. The van der Waals surface area contributed by atoms with Crippen LogP contribution in [0.2, 0.25) is 0 Å². The van der Waals surface area contributed by atoms with E-state index in [2.05, 4.69) is 21.2 Å². The number of para-hydroxylation sites is 1. The van der Waals surface area contributed by atoms with Crippen molar-refractivity contribution in [3.8, 4) is 0 Å². The van der Waals surface area contributed by atoms with Gasteiger partial charge in [-0.3, -0.25) is 19.4 Å². The number of rotatable bonds is 3. The van der Waals surface area contributed by atoms with Gasteiger partial charge in [0.15, 0.2) is 0 Å². The molecule has 4 aliphatic rings. The Morgan fingerprint density at radius 2 is 1.75 bits per heavy atom. The van der Waals surface area contributed by atoms with Gasteiger partial charge in [0.05, 0.1) is 12.0 Å². The van der Waals surface area contributed by atoms with Crippen molar-refractivity contribution < 1.29 is 9.59 Å². The van der Waals surface area contributed by atoms with Gasteiger partial charge in [0.25, 0.3) is 0 Å². The molecule has 0 aromatic heterocycles. The highest BCUT2D eigenvalue weighted by molar-refractivity contribution is 6.06. The third-order valence-corrected chi connectivity index (χ3v) is 7.45. The molecule has 0 bridgehead atoms. The van der Waals surface area contributed by atoms with Crippen LogP contribution in [0.25, 0.3) is 0 Å². The molecular weight excluding hydrogens is 352 g/mol. The second-order valence-electron chi connectivity index (χ2n) is 8.86. The standard InChI is InChI=1S/C22H30N4O2/c27-20(26-14-12-25(13-15-26)17-4-3-5-17)16-24-10-8-22(9-11-24)18-6-1-2-7-19(18)23-21(22)28/h1-2,6-7,17H,3-5,8-16H2,(H,23,28). The zero-order valence-corrected chi connectivity index (χ0v) is 16.5. The minimum Gasteiger partial charge on any atom is -0.339 e. The van der Waals surface area contributed by atoms with Crippen LogP contribution in [0.3, 0.4) is 0 Å². The molecule has 1 aliphatic carbocycles. The second-order valence-corrected chi connectivity index (χ2v) is 8.86. The summed E-state index contributed by atoms with van der Waals surface area (Å²) in [6.45, 7) is 5.87. The number of nitrogens with zero attached hydrogens (tertiary/aromatic N) is 3. The summed E-state index contributed by atoms with van der Waals surface area (Å²) in [6.07, 6.45) is 5.61. The smallest absolute Gasteiger partial charge is 0.236 e. The molecule has 28 heavy (non-hydrogen) atoms. The second kappa shape index (κ2) is 7.16. The van der Waals surface area contributed by atoms with E-state index in [1.54, 1.807) is 0 Å². The molecule has 5 rings (SSSR count). The number of hydrogen-bond donors (Lipinski definition) is 1. The fourth-order valence-electron chi connectivity index (χ4n) is 5.34. The van der Waals surface area contributed by atoms with Crippen LogP contribution in [0.4, 0.5) is 5.69 Å². The summed E-state index contributed by atoms with van der Waals surface area (Å²) < 4.78 is 0. The summed E-state index contributed by atoms with van der Waals surface area (Å²) in [5, 5.41) is 3.05. The van der Waals surface area contributed by atoms with Crippen molar-refractivity contribution in [3.05, 3.63) is 29.8 Å². The number of fused-ring (bicyclic) bond motifs is 2. The van der Waals surface area contributed by atoms with Gasteiger partial charge >= 0.3 is 0 Å². The number of piperidine rings is 1. The molecule has 2 saturated heterocycles. The first kappa shape index (κ1) is 18.1. The molecule has 3 aliphatic heterocycles. The van der Waals surface area contributed by atoms with Crippen LogP contribution in [0.5, 0.6) is 0 Å². The molecular formula is C22H30N4O2. The van der Waals surface area contributed by atoms with Crippen LogP contribution >= 0.6 is 0 Å². The summed E-state index contributed by atoms with van der Waals surface area (Å²) in [7, 11) is 0. The molecule has 3 fully saturated rings. The molecule has 1 aromatic rings. The van der Waals surface area contributed by atoms with Gasteiger partial charge in [0.1, 0.15) is 0 Å². The van der Waals surface area contributed by atoms with Gasteiger partial charge in [-0.15, -0.1) is 0 Å². The first-order valence-electron chi connectivity index (χ1n) is 10.8. The van der Waals surface area contributed by atoms with E-state index < -0.39 is 5.41 Å². The summed E-state index contributed by atoms with van der Waals surface area (Å²) >= 11 is 0. The van der Waals surface area contributed by atoms with E-state index in [-0.39, 0.29) is 11.8 Å². The Balaban J connectivity index is 1.15. The molecule has 1 N–H and O–H groups in total. The molecule has 1 aromatic carbocycles. The van der Waals surface area contributed by atoms with Gasteiger partial charge in [-0.2, -0.15) is 0 Å². The van der Waals surface area contributed by atoms with Crippen LogP contribution in [-0.2, 0) is 15.0 Å². The average Bonchev–Trinajstić information content (AvgIpc) is 2.94. The topological polar surface area (TPSA) is 55.9 Å². The van der Waals surface area contributed by atoms with Gasteiger partial charge in [-0.25, -0.2) is 0 Å². The number of piperazine rings is 1. The van der Waals surface area contributed by atoms with Gasteiger partial charge in [-0.1, -0.05) is 24.6 Å². The maximum atomic E-state index is 12.8. The summed E-state index contributed by atoms with van der Waals surface area (Å²) in [5.74, 6) is 0.382. The highest BCUT2D eigenvalue weighted by atomic mass is 16.2. The van der Waals surface area contributed by atoms with Crippen molar-refractivity contribution in [2.75, 3.05) is 51.1 Å². The molecule has 0 radical (unpaired) electrons. The highest BCUT2D eigenvalue weighted by Crippen LogP contribution is 2.44. The van der Waals surface area contributed by atoms with Crippen molar-refractivity contribution in [3.63, 3.8) is 0 Å². The van der Waals surface area contributed by atoms with Gasteiger partial charge < -0.3 is 10.2 Å². The number of anilines is 1. The molecule has 0 atom stereocenters. The van der Waals surface area contributed by atoms with Crippen LogP contribution in [0.1, 0.15) is 37.7 Å². The molecule has 150 valence electrons. The summed E-state index contributed by atoms with van der Waals surface area (Å²) in [4.78, 5) is 32.3. The van der Waals surface area contributed by atoms with Crippen molar-refractivity contribution >= 4 is 17.5 Å². The van der Waals surface area contributed by atoms with E-state index in [0.717, 1.165) is 69.4 Å². The number of likely N-dealkylation sites (tertiary alicyclic amines) is 1. The van der Waals surface area contributed by atoms with E-state index in [1.165, 1.54) is 19.3 Å². The van der Waals surface area contributed by atoms with Crippen LogP contribution in [-0.4, -0.2) is 78.4 Å². The van der Waals surface area contributed by atoms with E-state index in [4.69, 9.17) is 0 Å². The Morgan fingerprint density at radius 3 is 2.43 bits per heavy atom. The molecule has 3 heterocycles. The van der Waals surface area contributed by atoms with E-state index >= 15 is 0 Å². The lowest BCUT2D eigenvalue weighted by molar-refractivity contribution is -0.135. The van der Waals surface area contributed by atoms with Crippen LogP contribution in [0, 0.1) is 0 Å². The maximum Gasteiger partial charge on any atom is 0.236 e. The number of amides is 2. The predicted octanol–water partition coefficient (Wildman–Crippen LogP) is 1.67. The zero-order chi connectivity index (χ0) is 19.1. The monoisotopic (exact) mass is 382 g/mol. The van der Waals surface area contributed by atoms with Gasteiger partial charge in [0.2, 0.25) is 11.8 Å². The fraction of sp³-hybridized carbons (Fsp3) is 0.636. The number of carbonyl (C=O) groups excluding carboxylic acids is 2. The molecule has 6 heteroatoms. The Labute approximate surface area is 166 Å². The number of benzene rings is 1. The molecule has 6 nitrogen and oxygen atoms in total. The predicted molar refractivity (Wildman–Crippen MR) is 108 cm³/mol. The first-order chi connectivity index (χ1) is 13.7. The van der Waals surface area contributed by atoms with Crippen LogP contribution in [0.15, 0.2) is 24.3 Å². The molecule has 1 saturated carbocycles. The highest BCUT2D eigenvalue weighted by Gasteiger charge is 2.48. The molecule has 1 spiro atoms. The average molecular weight is 383 g/mol. The van der Waals surface area contributed by atoms with E-state index in [1.807, 2.05) is 23.1 Å². The Hall–Kier alpha value is -1.92. The number of carbonyl (C=O) groups is 2. The molecule has 2 amide bonds.